The molecule has 1 aromatic heterocycles. The minimum atomic E-state index is -0.186. The molecule has 6 nitrogen and oxygen atoms in total. The summed E-state index contributed by atoms with van der Waals surface area (Å²) in [5.74, 6) is 0.642. The maximum atomic E-state index is 12.3. The third-order valence-electron chi connectivity index (χ3n) is 3.92. The summed E-state index contributed by atoms with van der Waals surface area (Å²) in [6.45, 7) is 3.84. The first kappa shape index (κ1) is 21.1. The van der Waals surface area contributed by atoms with Crippen LogP contribution < -0.4 is 10.6 Å². The van der Waals surface area contributed by atoms with E-state index in [1.165, 1.54) is 11.8 Å². The van der Waals surface area contributed by atoms with Crippen molar-refractivity contribution in [1.29, 1.82) is 0 Å². The zero-order valence-corrected chi connectivity index (χ0v) is 18.5. The Bertz CT molecular complexity index is 1040. The molecular formula is C21H21BrN4O2S. The number of aryl methyl sites for hydroxylation is 2. The van der Waals surface area contributed by atoms with Crippen molar-refractivity contribution in [3.63, 3.8) is 0 Å². The number of carbonyl (C=O) groups is 2. The van der Waals surface area contributed by atoms with E-state index in [1.54, 1.807) is 4.68 Å². The van der Waals surface area contributed by atoms with Gasteiger partial charge in [-0.1, -0.05) is 34.1 Å². The van der Waals surface area contributed by atoms with Crippen molar-refractivity contribution in [3.8, 4) is 5.69 Å². The summed E-state index contributed by atoms with van der Waals surface area (Å²) in [5.41, 5.74) is 3.47. The summed E-state index contributed by atoms with van der Waals surface area (Å²) < 4.78 is 2.61. The normalized spacial score (nSPS) is 10.6. The zero-order chi connectivity index (χ0) is 20.8. The molecule has 0 saturated carbocycles. The smallest absolute Gasteiger partial charge is 0.235 e. The predicted octanol–water partition coefficient (Wildman–Crippen LogP) is 4.56. The lowest BCUT2D eigenvalue weighted by molar-refractivity contribution is -0.114. The van der Waals surface area contributed by atoms with Crippen LogP contribution in [0.5, 0.6) is 0 Å². The highest BCUT2D eigenvalue weighted by molar-refractivity contribution is 9.10. The molecule has 0 aliphatic carbocycles. The van der Waals surface area contributed by atoms with E-state index in [9.17, 15) is 9.59 Å². The highest BCUT2D eigenvalue weighted by Gasteiger charge is 2.12. The number of benzene rings is 2. The number of amides is 2. The number of carbonyl (C=O) groups excluding carboxylic acids is 2. The molecule has 3 rings (SSSR count). The van der Waals surface area contributed by atoms with Crippen LogP contribution in [0.2, 0.25) is 0 Å². The van der Waals surface area contributed by atoms with E-state index in [2.05, 4.69) is 31.7 Å². The van der Waals surface area contributed by atoms with Gasteiger partial charge in [-0.15, -0.1) is 11.8 Å². The molecule has 0 bridgehead atoms. The fourth-order valence-electron chi connectivity index (χ4n) is 2.73. The summed E-state index contributed by atoms with van der Waals surface area (Å²) in [7, 11) is 0. The van der Waals surface area contributed by atoms with Crippen molar-refractivity contribution < 1.29 is 9.59 Å². The molecule has 0 atom stereocenters. The third-order valence-corrected chi connectivity index (χ3v) is 5.35. The fraction of sp³-hybridized carbons (Fsp3) is 0.190. The average Bonchev–Trinajstić information content (AvgIpc) is 3.02. The van der Waals surface area contributed by atoms with Crippen molar-refractivity contribution >= 4 is 51.0 Å². The van der Waals surface area contributed by atoms with Crippen LogP contribution in [0.3, 0.4) is 0 Å². The van der Waals surface area contributed by atoms with Crippen LogP contribution in [0.4, 0.5) is 11.5 Å². The van der Waals surface area contributed by atoms with Crippen molar-refractivity contribution in [2.45, 2.75) is 13.8 Å². The Morgan fingerprint density at radius 1 is 1.00 bits per heavy atom. The topological polar surface area (TPSA) is 76.0 Å². The summed E-state index contributed by atoms with van der Waals surface area (Å²) >= 11 is 4.71. The van der Waals surface area contributed by atoms with Gasteiger partial charge in [-0.2, -0.15) is 5.10 Å². The maximum Gasteiger partial charge on any atom is 0.235 e. The van der Waals surface area contributed by atoms with Gasteiger partial charge in [0, 0.05) is 16.2 Å². The molecule has 0 aliphatic rings. The summed E-state index contributed by atoms with van der Waals surface area (Å²) in [6, 6.07) is 17.1. The lowest BCUT2D eigenvalue weighted by Crippen LogP contribution is -2.19. The SMILES string of the molecule is Cc1cccc(NC(=O)CSCC(=O)Nc2cc(C)nn2-c2cccc(Br)c2)c1. The number of nitrogens with zero attached hydrogens (tertiary/aromatic N) is 2. The molecule has 0 saturated heterocycles. The van der Waals surface area contributed by atoms with E-state index < -0.39 is 0 Å². The second-order valence-electron chi connectivity index (χ2n) is 6.52. The van der Waals surface area contributed by atoms with Gasteiger partial charge in [0.25, 0.3) is 0 Å². The number of hydrogen-bond acceptors (Lipinski definition) is 4. The average molecular weight is 473 g/mol. The largest absolute Gasteiger partial charge is 0.325 e. The Labute approximate surface area is 182 Å². The van der Waals surface area contributed by atoms with Gasteiger partial charge in [0.15, 0.2) is 0 Å². The Balaban J connectivity index is 1.53. The number of hydrogen-bond donors (Lipinski definition) is 2. The highest BCUT2D eigenvalue weighted by atomic mass is 79.9. The quantitative estimate of drug-likeness (QED) is 0.528. The number of anilines is 2. The van der Waals surface area contributed by atoms with Gasteiger partial charge in [0.1, 0.15) is 5.82 Å². The zero-order valence-electron chi connectivity index (χ0n) is 16.1. The van der Waals surface area contributed by atoms with Crippen LogP contribution in [0.15, 0.2) is 59.1 Å². The molecule has 0 radical (unpaired) electrons. The number of nitrogens with one attached hydrogen (secondary N) is 2. The molecule has 0 fully saturated rings. The first-order chi connectivity index (χ1) is 13.9. The summed E-state index contributed by atoms with van der Waals surface area (Å²) in [4.78, 5) is 24.4. The number of halogens is 1. The van der Waals surface area contributed by atoms with Crippen molar-refractivity contribution in [2.75, 3.05) is 22.1 Å². The lowest BCUT2D eigenvalue weighted by Gasteiger charge is -2.09. The second-order valence-corrected chi connectivity index (χ2v) is 8.42. The van der Waals surface area contributed by atoms with Crippen LogP contribution in [-0.2, 0) is 9.59 Å². The first-order valence-corrected chi connectivity index (χ1v) is 10.9. The molecule has 0 spiro atoms. The van der Waals surface area contributed by atoms with Crippen LogP contribution in [0, 0.1) is 13.8 Å². The second kappa shape index (κ2) is 9.76. The van der Waals surface area contributed by atoms with E-state index in [1.807, 2.05) is 68.4 Å². The highest BCUT2D eigenvalue weighted by Crippen LogP contribution is 2.20. The first-order valence-electron chi connectivity index (χ1n) is 8.97. The van der Waals surface area contributed by atoms with Gasteiger partial charge < -0.3 is 10.6 Å². The summed E-state index contributed by atoms with van der Waals surface area (Å²) in [5, 5.41) is 10.2. The van der Waals surface area contributed by atoms with Crippen LogP contribution in [-0.4, -0.2) is 33.1 Å². The van der Waals surface area contributed by atoms with Gasteiger partial charge in [-0.25, -0.2) is 4.68 Å². The van der Waals surface area contributed by atoms with E-state index in [-0.39, 0.29) is 23.3 Å². The van der Waals surface area contributed by atoms with E-state index >= 15 is 0 Å². The van der Waals surface area contributed by atoms with Crippen molar-refractivity contribution in [1.82, 2.24) is 9.78 Å². The Morgan fingerprint density at radius 2 is 1.72 bits per heavy atom. The molecule has 0 unspecified atom stereocenters. The molecule has 2 aromatic carbocycles. The Morgan fingerprint density at radius 3 is 2.45 bits per heavy atom. The Kier molecular flexibility index (Phi) is 7.11. The molecule has 0 aliphatic heterocycles. The maximum absolute atomic E-state index is 12.3. The van der Waals surface area contributed by atoms with Crippen molar-refractivity contribution in [2.24, 2.45) is 0 Å². The number of aromatic nitrogens is 2. The molecule has 2 N–H and O–H groups in total. The molecule has 150 valence electrons. The lowest BCUT2D eigenvalue weighted by atomic mass is 10.2. The standard InChI is InChI=1S/C21H21BrN4O2S/c1-14-5-3-7-17(9-14)23-20(27)12-29-13-21(28)24-19-10-15(2)25-26(19)18-8-4-6-16(22)11-18/h3-11H,12-13H2,1-2H3,(H,23,27)(H,24,28). The van der Waals surface area contributed by atoms with Gasteiger partial charge in [-0.3, -0.25) is 9.59 Å². The van der Waals surface area contributed by atoms with E-state index in [4.69, 9.17) is 0 Å². The van der Waals surface area contributed by atoms with Gasteiger partial charge >= 0.3 is 0 Å². The predicted molar refractivity (Wildman–Crippen MR) is 122 cm³/mol. The molecule has 1 heterocycles. The van der Waals surface area contributed by atoms with Crippen LogP contribution >= 0.6 is 27.7 Å². The molecule has 8 heteroatoms. The molecule has 2 amide bonds. The molecule has 3 aromatic rings. The van der Waals surface area contributed by atoms with Crippen molar-refractivity contribution in [3.05, 3.63) is 70.3 Å². The van der Waals surface area contributed by atoms with Gasteiger partial charge in [-0.05, 0) is 49.7 Å². The summed E-state index contributed by atoms with van der Waals surface area (Å²) in [6.07, 6.45) is 0. The van der Waals surface area contributed by atoms with Gasteiger partial charge in [0.2, 0.25) is 11.8 Å². The monoisotopic (exact) mass is 472 g/mol. The number of rotatable bonds is 7. The van der Waals surface area contributed by atoms with E-state index in [0.717, 1.165) is 27.1 Å². The molecular weight excluding hydrogens is 452 g/mol. The van der Waals surface area contributed by atoms with Gasteiger partial charge in [0.05, 0.1) is 22.9 Å². The molecule has 29 heavy (non-hydrogen) atoms. The third kappa shape index (κ3) is 6.20. The van der Waals surface area contributed by atoms with Crippen LogP contribution in [0.25, 0.3) is 5.69 Å². The van der Waals surface area contributed by atoms with E-state index in [0.29, 0.717) is 5.82 Å². The Hall–Kier alpha value is -2.58. The fourth-order valence-corrected chi connectivity index (χ4v) is 3.73. The minimum absolute atomic E-state index is 0.136. The minimum Gasteiger partial charge on any atom is -0.325 e. The van der Waals surface area contributed by atoms with Crippen LogP contribution in [0.1, 0.15) is 11.3 Å². The number of thioether (sulfide) groups is 1.